The van der Waals surface area contributed by atoms with Crippen LogP contribution in [0.3, 0.4) is 0 Å². The second-order valence-corrected chi connectivity index (χ2v) is 8.81. The SMILES string of the molecule is FC(F)(F)c1cc(NC(=S)N[C@@H]2CCCC[C@H]2n2cncc2-c2ccccc2)cc(C(F)(F)F)c1. The average molecular weight is 513 g/mol. The molecule has 0 radical (unpaired) electrons. The Kier molecular flexibility index (Phi) is 7.07. The largest absolute Gasteiger partial charge is 0.416 e. The van der Waals surface area contributed by atoms with Crippen molar-refractivity contribution in [3.63, 3.8) is 0 Å². The minimum atomic E-state index is -4.93. The summed E-state index contributed by atoms with van der Waals surface area (Å²) in [4.78, 5) is 4.29. The first-order chi connectivity index (χ1) is 16.5. The number of hydrogen-bond acceptors (Lipinski definition) is 2. The van der Waals surface area contributed by atoms with Crippen molar-refractivity contribution in [1.82, 2.24) is 14.9 Å². The normalized spacial score (nSPS) is 18.8. The Morgan fingerprint density at radius 3 is 2.17 bits per heavy atom. The Labute approximate surface area is 203 Å². The van der Waals surface area contributed by atoms with Crippen molar-refractivity contribution >= 4 is 23.0 Å². The number of nitrogens with one attached hydrogen (secondary N) is 2. The highest BCUT2D eigenvalue weighted by atomic mass is 32.1. The predicted molar refractivity (Wildman–Crippen MR) is 125 cm³/mol. The molecule has 1 aliphatic rings. The molecule has 11 heteroatoms. The summed E-state index contributed by atoms with van der Waals surface area (Å²) >= 11 is 5.29. The van der Waals surface area contributed by atoms with E-state index >= 15 is 0 Å². The summed E-state index contributed by atoms with van der Waals surface area (Å²) in [5.41, 5.74) is -1.29. The molecule has 2 atom stereocenters. The molecule has 1 saturated carbocycles. The summed E-state index contributed by atoms with van der Waals surface area (Å²) in [6.45, 7) is 0. The van der Waals surface area contributed by atoms with Gasteiger partial charge in [0.25, 0.3) is 0 Å². The molecule has 0 spiro atoms. The Morgan fingerprint density at radius 1 is 0.914 bits per heavy atom. The zero-order chi connectivity index (χ0) is 25.2. The number of imidazole rings is 1. The average Bonchev–Trinajstić information content (AvgIpc) is 3.28. The van der Waals surface area contributed by atoms with Crippen molar-refractivity contribution in [2.75, 3.05) is 5.32 Å². The minimum Gasteiger partial charge on any atom is -0.358 e. The first-order valence-corrected chi connectivity index (χ1v) is 11.4. The van der Waals surface area contributed by atoms with E-state index in [1.807, 2.05) is 34.9 Å². The molecule has 1 aromatic heterocycles. The predicted octanol–water partition coefficient (Wildman–Crippen LogP) is 7.06. The van der Waals surface area contributed by atoms with Crippen molar-refractivity contribution in [3.05, 3.63) is 72.2 Å². The molecule has 3 aromatic rings. The summed E-state index contributed by atoms with van der Waals surface area (Å²) < 4.78 is 81.1. The molecule has 186 valence electrons. The molecule has 0 saturated heterocycles. The number of alkyl halides is 6. The molecule has 4 nitrogen and oxygen atoms in total. The van der Waals surface area contributed by atoms with E-state index in [0.717, 1.165) is 36.9 Å². The highest BCUT2D eigenvalue weighted by Crippen LogP contribution is 2.38. The second-order valence-electron chi connectivity index (χ2n) is 8.40. The number of halogens is 6. The zero-order valence-electron chi connectivity index (χ0n) is 18.3. The number of thiocarbonyl (C=S) groups is 1. The molecule has 2 N–H and O–H groups in total. The number of aromatic nitrogens is 2. The molecule has 35 heavy (non-hydrogen) atoms. The fraction of sp³-hybridized carbons (Fsp3) is 0.333. The first-order valence-electron chi connectivity index (χ1n) is 11.0. The van der Waals surface area contributed by atoms with E-state index in [1.54, 1.807) is 12.5 Å². The molecular weight excluding hydrogens is 490 g/mol. The molecular formula is C24H22F6N4S. The lowest BCUT2D eigenvalue weighted by molar-refractivity contribution is -0.143. The summed E-state index contributed by atoms with van der Waals surface area (Å²) in [5.74, 6) is 0. The standard InChI is InChI=1S/C24H22F6N4S/c25-23(26,27)16-10-17(24(28,29)30)12-18(11-16)32-22(35)33-19-8-4-5-9-20(19)34-14-31-13-21(34)15-6-2-1-3-7-15/h1-3,6-7,10-14,19-20H,4-5,8-9H2,(H2,32,33,35)/t19-,20-/m1/s1. The fourth-order valence-electron chi connectivity index (χ4n) is 4.38. The van der Waals surface area contributed by atoms with Crippen molar-refractivity contribution in [3.8, 4) is 11.3 Å². The Balaban J connectivity index is 1.55. The van der Waals surface area contributed by atoms with Crippen LogP contribution in [0.5, 0.6) is 0 Å². The maximum atomic E-state index is 13.2. The lowest BCUT2D eigenvalue weighted by atomic mass is 9.89. The van der Waals surface area contributed by atoms with Gasteiger partial charge >= 0.3 is 12.4 Å². The highest BCUT2D eigenvalue weighted by Gasteiger charge is 2.37. The van der Waals surface area contributed by atoms with Gasteiger partial charge in [-0.05, 0) is 48.8 Å². The first kappa shape index (κ1) is 25.0. The molecule has 2 aromatic carbocycles. The van der Waals surface area contributed by atoms with Crippen LogP contribution in [0.4, 0.5) is 32.0 Å². The van der Waals surface area contributed by atoms with E-state index in [1.165, 1.54) is 0 Å². The number of benzene rings is 2. The molecule has 0 aliphatic heterocycles. The van der Waals surface area contributed by atoms with Gasteiger partial charge in [-0.3, -0.25) is 0 Å². The number of anilines is 1. The number of nitrogens with zero attached hydrogens (tertiary/aromatic N) is 2. The van der Waals surface area contributed by atoms with E-state index in [2.05, 4.69) is 15.6 Å². The summed E-state index contributed by atoms with van der Waals surface area (Å²) in [6, 6.07) is 10.8. The van der Waals surface area contributed by atoms with Crippen LogP contribution in [0.25, 0.3) is 11.3 Å². The zero-order valence-corrected chi connectivity index (χ0v) is 19.1. The monoisotopic (exact) mass is 512 g/mol. The molecule has 0 unspecified atom stereocenters. The van der Waals surface area contributed by atoms with Crippen molar-refractivity contribution in [2.24, 2.45) is 0 Å². The van der Waals surface area contributed by atoms with E-state index < -0.39 is 23.5 Å². The van der Waals surface area contributed by atoms with Crippen LogP contribution < -0.4 is 10.6 Å². The third kappa shape index (κ3) is 5.95. The van der Waals surface area contributed by atoms with Crippen molar-refractivity contribution in [2.45, 2.75) is 50.1 Å². The van der Waals surface area contributed by atoms with E-state index in [4.69, 9.17) is 12.2 Å². The van der Waals surface area contributed by atoms with E-state index in [9.17, 15) is 26.3 Å². The van der Waals surface area contributed by atoms with Crippen LogP contribution in [-0.2, 0) is 12.4 Å². The molecule has 0 bridgehead atoms. The van der Waals surface area contributed by atoms with E-state index in [-0.39, 0.29) is 28.9 Å². The molecule has 4 rings (SSSR count). The van der Waals surface area contributed by atoms with Gasteiger partial charge in [-0.1, -0.05) is 43.2 Å². The summed E-state index contributed by atoms with van der Waals surface area (Å²) in [6.07, 6.45) is -2.95. The van der Waals surface area contributed by atoms with Crippen molar-refractivity contribution in [1.29, 1.82) is 0 Å². The maximum absolute atomic E-state index is 13.2. The lowest BCUT2D eigenvalue weighted by Crippen LogP contribution is -2.44. The van der Waals surface area contributed by atoms with Crippen LogP contribution in [0, 0.1) is 0 Å². The Hall–Kier alpha value is -3.08. The molecule has 0 amide bonds. The maximum Gasteiger partial charge on any atom is 0.416 e. The van der Waals surface area contributed by atoms with Crippen molar-refractivity contribution < 1.29 is 26.3 Å². The van der Waals surface area contributed by atoms with Gasteiger partial charge < -0.3 is 15.2 Å². The second kappa shape index (κ2) is 9.88. The quantitative estimate of drug-likeness (QED) is 0.290. The van der Waals surface area contributed by atoms with Crippen LogP contribution >= 0.6 is 12.2 Å². The van der Waals surface area contributed by atoms with Crippen LogP contribution in [0.15, 0.2) is 61.1 Å². The number of rotatable bonds is 4. The lowest BCUT2D eigenvalue weighted by Gasteiger charge is -2.35. The Bertz CT molecular complexity index is 1140. The van der Waals surface area contributed by atoms with Crippen LogP contribution in [0.1, 0.15) is 42.9 Å². The summed E-state index contributed by atoms with van der Waals surface area (Å²) in [5, 5.41) is 5.59. The van der Waals surface area contributed by atoms with Crippen LogP contribution in [-0.4, -0.2) is 20.7 Å². The topological polar surface area (TPSA) is 41.9 Å². The van der Waals surface area contributed by atoms with Gasteiger partial charge in [0.15, 0.2) is 5.11 Å². The van der Waals surface area contributed by atoms with Gasteiger partial charge in [0.05, 0.1) is 35.4 Å². The molecule has 1 aliphatic carbocycles. The van der Waals surface area contributed by atoms with Gasteiger partial charge in [0.1, 0.15) is 0 Å². The third-order valence-corrected chi connectivity index (χ3v) is 6.20. The number of hydrogen-bond donors (Lipinski definition) is 2. The van der Waals surface area contributed by atoms with Gasteiger partial charge in [0.2, 0.25) is 0 Å². The summed E-state index contributed by atoms with van der Waals surface area (Å²) in [7, 11) is 0. The van der Waals surface area contributed by atoms with Gasteiger partial charge in [0, 0.05) is 11.7 Å². The smallest absolute Gasteiger partial charge is 0.358 e. The fourth-order valence-corrected chi connectivity index (χ4v) is 4.65. The van der Waals surface area contributed by atoms with Gasteiger partial charge in [-0.15, -0.1) is 0 Å². The minimum absolute atomic E-state index is 0.0456. The Morgan fingerprint density at radius 2 is 1.54 bits per heavy atom. The highest BCUT2D eigenvalue weighted by molar-refractivity contribution is 7.80. The molecule has 1 fully saturated rings. The van der Waals surface area contributed by atoms with E-state index in [0.29, 0.717) is 12.1 Å². The van der Waals surface area contributed by atoms with Gasteiger partial charge in [-0.2, -0.15) is 26.3 Å². The van der Waals surface area contributed by atoms with Gasteiger partial charge in [-0.25, -0.2) is 4.98 Å². The molecule has 1 heterocycles. The van der Waals surface area contributed by atoms with Crippen LogP contribution in [0.2, 0.25) is 0 Å². The third-order valence-electron chi connectivity index (χ3n) is 5.98.